The van der Waals surface area contributed by atoms with Crippen molar-refractivity contribution in [1.82, 2.24) is 15.5 Å². The first kappa shape index (κ1) is 11.3. The van der Waals surface area contributed by atoms with Gasteiger partial charge >= 0.3 is 0 Å². The molecule has 1 aliphatic heterocycles. The predicted octanol–water partition coefficient (Wildman–Crippen LogP) is 2.51. The lowest BCUT2D eigenvalue weighted by molar-refractivity contribution is 0.415. The van der Waals surface area contributed by atoms with Gasteiger partial charge in [-0.15, -0.1) is 0 Å². The van der Waals surface area contributed by atoms with Crippen molar-refractivity contribution < 1.29 is 4.74 Å². The summed E-state index contributed by atoms with van der Waals surface area (Å²) in [7, 11) is 1.67. The van der Waals surface area contributed by atoms with Gasteiger partial charge in [-0.2, -0.15) is 5.10 Å². The van der Waals surface area contributed by atoms with Crippen molar-refractivity contribution in [3.05, 3.63) is 36.0 Å². The van der Waals surface area contributed by atoms with E-state index in [2.05, 4.69) is 21.6 Å². The van der Waals surface area contributed by atoms with E-state index in [1.807, 2.05) is 24.3 Å². The van der Waals surface area contributed by atoms with Gasteiger partial charge in [0.05, 0.1) is 18.5 Å². The number of nitrogens with zero attached hydrogens (tertiary/aromatic N) is 1. The number of aromatic nitrogens is 2. The number of benzene rings is 1. The Kier molecular flexibility index (Phi) is 3.02. The van der Waals surface area contributed by atoms with Crippen molar-refractivity contribution in [2.45, 2.75) is 18.9 Å². The molecule has 1 unspecified atom stereocenters. The van der Waals surface area contributed by atoms with Crippen molar-refractivity contribution in [1.29, 1.82) is 0 Å². The van der Waals surface area contributed by atoms with Crippen LogP contribution in [0, 0.1) is 0 Å². The highest BCUT2D eigenvalue weighted by Gasteiger charge is 2.18. The van der Waals surface area contributed by atoms with E-state index in [4.69, 9.17) is 4.74 Å². The minimum absolute atomic E-state index is 0.435. The minimum atomic E-state index is 0.435. The first-order valence-electron chi connectivity index (χ1n) is 6.30. The van der Waals surface area contributed by atoms with Gasteiger partial charge in [-0.05, 0) is 49.7 Å². The van der Waals surface area contributed by atoms with E-state index < -0.39 is 0 Å². The summed E-state index contributed by atoms with van der Waals surface area (Å²) in [5.74, 6) is 0.868. The molecule has 0 spiro atoms. The normalized spacial score (nSPS) is 19.1. The van der Waals surface area contributed by atoms with E-state index in [1.165, 1.54) is 18.5 Å². The average Bonchev–Trinajstić information content (AvgIpc) is 3.09. The number of ether oxygens (including phenoxy) is 1. The standard InChI is InChI=1S/C14H17N3O/c1-18-11-6-4-10(5-7-11)13-9-14(17-16-13)12-3-2-8-15-12/h4-7,9,12,15H,2-3,8H2,1H3,(H,16,17). The molecule has 0 radical (unpaired) electrons. The van der Waals surface area contributed by atoms with Gasteiger partial charge < -0.3 is 10.1 Å². The molecule has 1 atom stereocenters. The van der Waals surface area contributed by atoms with Crippen molar-refractivity contribution in [3.8, 4) is 17.0 Å². The highest BCUT2D eigenvalue weighted by Crippen LogP contribution is 2.26. The van der Waals surface area contributed by atoms with Crippen LogP contribution in [0.15, 0.2) is 30.3 Å². The van der Waals surface area contributed by atoms with E-state index >= 15 is 0 Å². The molecule has 1 aliphatic rings. The van der Waals surface area contributed by atoms with Gasteiger partial charge in [0.15, 0.2) is 0 Å². The Bertz CT molecular complexity index is 512. The van der Waals surface area contributed by atoms with Crippen LogP contribution in [-0.2, 0) is 0 Å². The number of nitrogens with one attached hydrogen (secondary N) is 2. The van der Waals surface area contributed by atoms with Crippen molar-refractivity contribution in [3.63, 3.8) is 0 Å². The largest absolute Gasteiger partial charge is 0.497 e. The first-order valence-corrected chi connectivity index (χ1v) is 6.30. The summed E-state index contributed by atoms with van der Waals surface area (Å²) >= 11 is 0. The zero-order chi connectivity index (χ0) is 12.4. The fraction of sp³-hybridized carbons (Fsp3) is 0.357. The van der Waals surface area contributed by atoms with Crippen LogP contribution in [0.4, 0.5) is 0 Å². The van der Waals surface area contributed by atoms with Crippen LogP contribution in [0.5, 0.6) is 5.75 Å². The molecule has 2 heterocycles. The van der Waals surface area contributed by atoms with E-state index in [1.54, 1.807) is 7.11 Å². The van der Waals surface area contributed by atoms with Crippen molar-refractivity contribution in [2.75, 3.05) is 13.7 Å². The molecule has 0 saturated carbocycles. The van der Waals surface area contributed by atoms with Gasteiger partial charge in [0, 0.05) is 11.6 Å². The molecule has 0 aliphatic carbocycles. The average molecular weight is 243 g/mol. The summed E-state index contributed by atoms with van der Waals surface area (Å²) < 4.78 is 5.15. The molecule has 1 saturated heterocycles. The minimum Gasteiger partial charge on any atom is -0.497 e. The fourth-order valence-corrected chi connectivity index (χ4v) is 2.37. The molecule has 94 valence electrons. The maximum atomic E-state index is 5.15. The van der Waals surface area contributed by atoms with Crippen molar-refractivity contribution in [2.24, 2.45) is 0 Å². The van der Waals surface area contributed by atoms with Gasteiger partial charge in [-0.1, -0.05) is 0 Å². The zero-order valence-corrected chi connectivity index (χ0v) is 10.4. The summed E-state index contributed by atoms with van der Waals surface area (Å²) in [5.41, 5.74) is 3.27. The molecule has 2 aromatic rings. The van der Waals surface area contributed by atoms with Crippen LogP contribution < -0.4 is 10.1 Å². The van der Waals surface area contributed by atoms with Crippen LogP contribution in [-0.4, -0.2) is 23.9 Å². The number of hydrogen-bond acceptors (Lipinski definition) is 3. The smallest absolute Gasteiger partial charge is 0.118 e. The van der Waals surface area contributed by atoms with Gasteiger partial charge in [0.1, 0.15) is 5.75 Å². The summed E-state index contributed by atoms with van der Waals surface area (Å²) in [4.78, 5) is 0. The number of aromatic amines is 1. The topological polar surface area (TPSA) is 49.9 Å². The lowest BCUT2D eigenvalue weighted by Crippen LogP contribution is -2.12. The third-order valence-corrected chi connectivity index (χ3v) is 3.42. The highest BCUT2D eigenvalue weighted by atomic mass is 16.5. The second-order valence-electron chi connectivity index (χ2n) is 4.59. The van der Waals surface area contributed by atoms with Gasteiger partial charge in [-0.25, -0.2) is 0 Å². The highest BCUT2D eigenvalue weighted by molar-refractivity contribution is 5.60. The number of methoxy groups -OCH3 is 1. The second-order valence-corrected chi connectivity index (χ2v) is 4.59. The molecule has 4 heteroatoms. The predicted molar refractivity (Wildman–Crippen MR) is 70.6 cm³/mol. The lowest BCUT2D eigenvalue weighted by atomic mass is 10.1. The SMILES string of the molecule is COc1ccc(-c2cc(C3CCCN3)[nH]n2)cc1. The molecule has 3 rings (SSSR count). The van der Waals surface area contributed by atoms with Crippen LogP contribution >= 0.6 is 0 Å². The Labute approximate surface area is 106 Å². The molecule has 1 aromatic heterocycles. The maximum absolute atomic E-state index is 5.15. The molecular formula is C14H17N3O. The second kappa shape index (κ2) is 4.82. The maximum Gasteiger partial charge on any atom is 0.118 e. The summed E-state index contributed by atoms with van der Waals surface area (Å²) in [6.07, 6.45) is 2.42. The molecule has 0 bridgehead atoms. The van der Waals surface area contributed by atoms with Crippen LogP contribution in [0.1, 0.15) is 24.6 Å². The van der Waals surface area contributed by atoms with E-state index in [0.29, 0.717) is 6.04 Å². The van der Waals surface area contributed by atoms with Crippen molar-refractivity contribution >= 4 is 0 Å². The Morgan fingerprint density at radius 1 is 1.28 bits per heavy atom. The number of rotatable bonds is 3. The monoisotopic (exact) mass is 243 g/mol. The summed E-state index contributed by atoms with van der Waals surface area (Å²) in [5, 5.41) is 11.0. The van der Waals surface area contributed by atoms with Gasteiger partial charge in [0.2, 0.25) is 0 Å². The van der Waals surface area contributed by atoms with Gasteiger partial charge in [-0.3, -0.25) is 5.10 Å². The lowest BCUT2D eigenvalue weighted by Gasteiger charge is -2.05. The molecule has 1 aromatic carbocycles. The fourth-order valence-electron chi connectivity index (χ4n) is 2.37. The number of H-pyrrole nitrogens is 1. The van der Waals surface area contributed by atoms with E-state index in [0.717, 1.165) is 23.6 Å². The van der Waals surface area contributed by atoms with Crippen LogP contribution in [0.2, 0.25) is 0 Å². The molecule has 18 heavy (non-hydrogen) atoms. The quantitative estimate of drug-likeness (QED) is 0.870. The third-order valence-electron chi connectivity index (χ3n) is 3.42. The Morgan fingerprint density at radius 2 is 2.11 bits per heavy atom. The van der Waals surface area contributed by atoms with E-state index in [9.17, 15) is 0 Å². The van der Waals surface area contributed by atoms with Crippen LogP contribution in [0.3, 0.4) is 0 Å². The Morgan fingerprint density at radius 3 is 2.78 bits per heavy atom. The van der Waals surface area contributed by atoms with Gasteiger partial charge in [0.25, 0.3) is 0 Å². The number of hydrogen-bond donors (Lipinski definition) is 2. The molecule has 2 N–H and O–H groups in total. The van der Waals surface area contributed by atoms with E-state index in [-0.39, 0.29) is 0 Å². The third kappa shape index (κ3) is 2.11. The molecule has 1 fully saturated rings. The summed E-state index contributed by atoms with van der Waals surface area (Å²) in [6, 6.07) is 10.5. The molecule has 4 nitrogen and oxygen atoms in total. The first-order chi connectivity index (χ1) is 8.86. The Hall–Kier alpha value is -1.81. The summed E-state index contributed by atoms with van der Waals surface area (Å²) in [6.45, 7) is 1.10. The Balaban J connectivity index is 1.82. The van der Waals surface area contributed by atoms with Crippen LogP contribution in [0.25, 0.3) is 11.3 Å². The zero-order valence-electron chi connectivity index (χ0n) is 10.4. The molecule has 0 amide bonds. The molecular weight excluding hydrogens is 226 g/mol.